The van der Waals surface area contributed by atoms with Gasteiger partial charge in [0.1, 0.15) is 0 Å². The molecule has 10 rings (SSSR count). The zero-order valence-corrected chi connectivity index (χ0v) is 37.1. The van der Waals surface area contributed by atoms with Gasteiger partial charge in [0.15, 0.2) is 0 Å². The average Bonchev–Trinajstić information content (AvgIpc) is 3.65. The fourth-order valence-corrected chi connectivity index (χ4v) is 20.3. The second-order valence-electron chi connectivity index (χ2n) is 17.9. The van der Waals surface area contributed by atoms with Crippen LogP contribution in [-0.2, 0) is 15.9 Å². The van der Waals surface area contributed by atoms with Crippen molar-refractivity contribution in [2.45, 2.75) is 50.0 Å². The number of allylic oxidation sites excluding steroid dienone is 1. The minimum absolute atomic E-state index is 0.0581. The molecule has 0 aliphatic heterocycles. The maximum Gasteiger partial charge on any atom is 0.0817 e. The molecular formula is C54H57NS2. The number of rotatable bonds is 5. The number of hydrogen-bond acceptors (Lipinski definition) is 1. The van der Waals surface area contributed by atoms with Crippen molar-refractivity contribution >= 4 is 64.7 Å². The van der Waals surface area contributed by atoms with Crippen LogP contribution >= 0.6 is 20.1 Å². The van der Waals surface area contributed by atoms with Crippen LogP contribution in [0.3, 0.4) is 0 Å². The number of hydrogen-bond donors (Lipinski definition) is 0. The first kappa shape index (κ1) is 37.9. The number of anilines is 3. The molecule has 0 unspecified atom stereocenters. The van der Waals surface area contributed by atoms with Gasteiger partial charge in [-0.3, -0.25) is 0 Å². The number of para-hydroxylation sites is 1. The van der Waals surface area contributed by atoms with Gasteiger partial charge in [-0.15, -0.1) is 0 Å². The monoisotopic (exact) mass is 783 g/mol. The highest BCUT2D eigenvalue weighted by Gasteiger charge is 2.55. The molecule has 290 valence electrons. The molecule has 0 N–H and O–H groups in total. The number of nitrogens with zero attached hydrogens (tertiary/aromatic N) is 1. The van der Waals surface area contributed by atoms with Crippen LogP contribution < -0.4 is 4.90 Å². The summed E-state index contributed by atoms with van der Waals surface area (Å²) in [5.41, 5.74) is 18.0. The Balaban J connectivity index is 0.00000208. The van der Waals surface area contributed by atoms with E-state index in [1.807, 2.05) is 13.8 Å². The highest BCUT2D eigenvalue weighted by atomic mass is 32.3. The standard InChI is InChI=1S/C52H51NS2.C2H6/c1-51(2)45-25-17-16-24-43(45)48-40-23-15-14-20-36(40)33-47(50(48)51)53(38-21-10-9-11-22-38)39-27-29-41-37(30-39)26-28-42-44-31-34-18-12-13-19-35(34)32-46(44)52(49(41)42,54(3,4)5)55(6,7)8;1-2/h9-13,15-19,21-33H,14,20H2,1-8H3;1-2H3. The van der Waals surface area contributed by atoms with Crippen molar-refractivity contribution < 1.29 is 0 Å². The van der Waals surface area contributed by atoms with E-state index in [0.717, 1.165) is 12.8 Å². The number of fused-ring (bicyclic) bond motifs is 11. The smallest absolute Gasteiger partial charge is 0.0817 e. The van der Waals surface area contributed by atoms with Crippen LogP contribution in [0.25, 0.3) is 49.9 Å². The highest BCUT2D eigenvalue weighted by Crippen LogP contribution is 2.80. The van der Waals surface area contributed by atoms with Gasteiger partial charge in [0.25, 0.3) is 0 Å². The number of aryl methyl sites for hydroxylation is 1. The molecule has 7 aromatic rings. The Morgan fingerprint density at radius 1 is 0.544 bits per heavy atom. The van der Waals surface area contributed by atoms with Crippen molar-refractivity contribution in [2.24, 2.45) is 0 Å². The van der Waals surface area contributed by atoms with Gasteiger partial charge in [0.2, 0.25) is 0 Å². The molecular weight excluding hydrogens is 727 g/mol. The first-order chi connectivity index (χ1) is 27.3. The maximum absolute atomic E-state index is 2.57. The molecule has 0 saturated heterocycles. The minimum atomic E-state index is -1.15. The maximum atomic E-state index is 2.57. The van der Waals surface area contributed by atoms with E-state index in [1.165, 1.54) is 88.7 Å². The minimum Gasteiger partial charge on any atom is -0.310 e. The molecule has 7 aromatic carbocycles. The Kier molecular flexibility index (Phi) is 8.92. The molecule has 0 spiro atoms. The van der Waals surface area contributed by atoms with Gasteiger partial charge < -0.3 is 4.90 Å². The van der Waals surface area contributed by atoms with Crippen LogP contribution in [0.4, 0.5) is 17.1 Å². The average molecular weight is 784 g/mol. The van der Waals surface area contributed by atoms with Gasteiger partial charge in [-0.25, -0.2) is 20.1 Å². The van der Waals surface area contributed by atoms with Crippen LogP contribution in [0.5, 0.6) is 0 Å². The fraction of sp³-hybridized carbons (Fsp3) is 0.259. The summed E-state index contributed by atoms with van der Waals surface area (Å²) in [6, 6.07) is 49.0. The molecule has 0 fully saturated rings. The predicted molar refractivity (Wildman–Crippen MR) is 259 cm³/mol. The van der Waals surface area contributed by atoms with Crippen molar-refractivity contribution in [1.29, 1.82) is 0 Å². The van der Waals surface area contributed by atoms with Crippen LogP contribution in [0.1, 0.15) is 67.5 Å². The quantitative estimate of drug-likeness (QED) is 0.168. The SMILES string of the molecule is CC.CC1(C)c2ccccc2-c2c3c(cc(N(c4ccccc4)c4ccc5c6c(ccc5c4)-c4cc5ccccc5cc4C6(S(C)(C)C)S(C)(C)C)c21)CCC=C3. The summed E-state index contributed by atoms with van der Waals surface area (Å²) in [5, 5.41) is 5.37. The Hall–Kier alpha value is -4.70. The molecule has 1 nitrogen and oxygen atoms in total. The lowest BCUT2D eigenvalue weighted by Crippen LogP contribution is -2.35. The second-order valence-corrected chi connectivity index (χ2v) is 26.8. The Labute approximate surface area is 344 Å². The molecule has 0 radical (unpaired) electrons. The first-order valence-corrected chi connectivity index (χ1v) is 26.3. The van der Waals surface area contributed by atoms with Crippen molar-refractivity contribution in [1.82, 2.24) is 0 Å². The van der Waals surface area contributed by atoms with Crippen LogP contribution in [0.2, 0.25) is 0 Å². The molecule has 3 aliphatic rings. The van der Waals surface area contributed by atoms with E-state index < -0.39 is 20.1 Å². The molecule has 0 heterocycles. The topological polar surface area (TPSA) is 3.24 Å². The van der Waals surface area contributed by atoms with Gasteiger partial charge in [0, 0.05) is 16.8 Å². The van der Waals surface area contributed by atoms with Gasteiger partial charge in [0.05, 0.1) is 9.77 Å². The lowest BCUT2D eigenvalue weighted by molar-refractivity contribution is 0.660. The highest BCUT2D eigenvalue weighted by molar-refractivity contribution is 8.48. The molecule has 57 heavy (non-hydrogen) atoms. The van der Waals surface area contributed by atoms with E-state index in [0.29, 0.717) is 0 Å². The normalized spacial score (nSPS) is 16.2. The largest absolute Gasteiger partial charge is 0.310 e. The summed E-state index contributed by atoms with van der Waals surface area (Å²) in [7, 11) is -2.31. The first-order valence-electron chi connectivity index (χ1n) is 20.6. The molecule has 0 saturated carbocycles. The van der Waals surface area contributed by atoms with E-state index in [1.54, 1.807) is 5.56 Å². The van der Waals surface area contributed by atoms with Gasteiger partial charge >= 0.3 is 0 Å². The summed E-state index contributed by atoms with van der Waals surface area (Å²) in [6.45, 7) is 8.86. The second kappa shape index (κ2) is 13.4. The Morgan fingerprint density at radius 2 is 1.21 bits per heavy atom. The predicted octanol–water partition coefficient (Wildman–Crippen LogP) is 15.3. The fourth-order valence-electron chi connectivity index (χ4n) is 11.0. The third kappa shape index (κ3) is 5.38. The molecule has 0 amide bonds. The summed E-state index contributed by atoms with van der Waals surface area (Å²) in [6.07, 6.45) is 22.3. The zero-order valence-electron chi connectivity index (χ0n) is 35.5. The van der Waals surface area contributed by atoms with Gasteiger partial charge in [-0.1, -0.05) is 125 Å². The Bertz CT molecular complexity index is 2740. The summed E-state index contributed by atoms with van der Waals surface area (Å²) < 4.78 is -0.0581. The number of benzene rings is 7. The summed E-state index contributed by atoms with van der Waals surface area (Å²) in [5.74, 6) is 0. The van der Waals surface area contributed by atoms with E-state index in [9.17, 15) is 0 Å². The van der Waals surface area contributed by atoms with Crippen LogP contribution in [-0.4, -0.2) is 37.5 Å². The zero-order chi connectivity index (χ0) is 40.1. The van der Waals surface area contributed by atoms with Crippen LogP contribution in [0.15, 0.2) is 133 Å². The van der Waals surface area contributed by atoms with Gasteiger partial charge in [-0.2, -0.15) is 0 Å². The third-order valence-electron chi connectivity index (χ3n) is 12.9. The molecule has 0 atom stereocenters. The molecule has 0 aromatic heterocycles. The van der Waals surface area contributed by atoms with E-state index >= 15 is 0 Å². The lowest BCUT2D eigenvalue weighted by Gasteiger charge is -2.59. The third-order valence-corrected chi connectivity index (χ3v) is 20.2. The molecule has 0 bridgehead atoms. The van der Waals surface area contributed by atoms with Crippen molar-refractivity contribution in [2.75, 3.05) is 42.4 Å². The molecule has 3 aliphatic carbocycles. The van der Waals surface area contributed by atoms with Gasteiger partial charge in [-0.05, 0) is 170 Å². The van der Waals surface area contributed by atoms with Crippen molar-refractivity contribution in [3.8, 4) is 22.3 Å². The summed E-state index contributed by atoms with van der Waals surface area (Å²) in [4.78, 5) is 2.57. The molecule has 3 heteroatoms. The van der Waals surface area contributed by atoms with Crippen molar-refractivity contribution in [3.63, 3.8) is 0 Å². The van der Waals surface area contributed by atoms with E-state index in [4.69, 9.17) is 0 Å². The van der Waals surface area contributed by atoms with Crippen molar-refractivity contribution in [3.05, 3.63) is 167 Å². The van der Waals surface area contributed by atoms with E-state index in [-0.39, 0.29) is 9.49 Å². The lowest BCUT2D eigenvalue weighted by atomic mass is 9.79. The Morgan fingerprint density at radius 3 is 1.93 bits per heavy atom. The van der Waals surface area contributed by atoms with Crippen LogP contribution in [0, 0.1) is 0 Å². The van der Waals surface area contributed by atoms with E-state index in [2.05, 4.69) is 196 Å². The summed E-state index contributed by atoms with van der Waals surface area (Å²) >= 11 is 0.